The molecule has 6 nitrogen and oxygen atoms in total. The lowest BCUT2D eigenvalue weighted by Crippen LogP contribution is -3.14. The summed E-state index contributed by atoms with van der Waals surface area (Å²) in [5, 5.41) is 8.49. The average Bonchev–Trinajstić information content (AvgIpc) is 3.11. The van der Waals surface area contributed by atoms with Gasteiger partial charge in [-0.25, -0.2) is 4.98 Å². The molecule has 28 heavy (non-hydrogen) atoms. The third-order valence-corrected chi connectivity index (χ3v) is 5.40. The minimum absolute atomic E-state index is 0.881. The van der Waals surface area contributed by atoms with Gasteiger partial charge in [0.05, 0.1) is 25.5 Å². The van der Waals surface area contributed by atoms with Crippen molar-refractivity contribution in [3.05, 3.63) is 47.8 Å². The van der Waals surface area contributed by atoms with Crippen LogP contribution in [0.2, 0.25) is 0 Å². The number of quaternary nitrogens is 1. The molecule has 1 saturated heterocycles. The van der Waals surface area contributed by atoms with Crippen LogP contribution >= 0.6 is 0 Å². The van der Waals surface area contributed by atoms with Crippen LogP contribution in [0.1, 0.15) is 24.7 Å². The van der Waals surface area contributed by atoms with Crippen molar-refractivity contribution in [2.24, 2.45) is 0 Å². The van der Waals surface area contributed by atoms with Crippen LogP contribution in [0.25, 0.3) is 16.8 Å². The van der Waals surface area contributed by atoms with Gasteiger partial charge in [0.2, 0.25) is 0 Å². The van der Waals surface area contributed by atoms with Crippen molar-refractivity contribution in [3.8, 4) is 11.1 Å². The monoisotopic (exact) mass is 380 g/mol. The fourth-order valence-electron chi connectivity index (χ4n) is 3.92. The Hall–Kier alpha value is -2.44. The van der Waals surface area contributed by atoms with Gasteiger partial charge in [0.25, 0.3) is 0 Å². The Morgan fingerprint density at radius 3 is 2.71 bits per heavy atom. The lowest BCUT2D eigenvalue weighted by Gasteiger charge is -2.23. The molecule has 2 aromatic heterocycles. The molecule has 1 fully saturated rings. The highest BCUT2D eigenvalue weighted by Crippen LogP contribution is 2.29. The summed E-state index contributed by atoms with van der Waals surface area (Å²) in [6.45, 7) is 10.3. The number of aromatic nitrogens is 3. The molecule has 0 aliphatic carbocycles. The Labute approximate surface area is 166 Å². The molecule has 0 amide bonds. The number of ether oxygens (including phenoxy) is 1. The van der Waals surface area contributed by atoms with Gasteiger partial charge in [-0.2, -0.15) is 9.61 Å². The Morgan fingerprint density at radius 2 is 1.96 bits per heavy atom. The van der Waals surface area contributed by atoms with Gasteiger partial charge in [0.15, 0.2) is 5.65 Å². The number of rotatable bonds is 7. The van der Waals surface area contributed by atoms with Gasteiger partial charge >= 0.3 is 0 Å². The fraction of sp³-hybridized carbons (Fsp3) is 0.455. The molecule has 3 heterocycles. The lowest BCUT2D eigenvalue weighted by molar-refractivity contribution is -0.908. The van der Waals surface area contributed by atoms with Crippen LogP contribution in [-0.2, 0) is 11.2 Å². The quantitative estimate of drug-likeness (QED) is 0.616. The smallest absolute Gasteiger partial charge is 0.165 e. The molecule has 2 N–H and O–H groups in total. The number of fused-ring (bicyclic) bond motifs is 1. The number of hydrogen-bond acceptors (Lipinski definition) is 4. The summed E-state index contributed by atoms with van der Waals surface area (Å²) < 4.78 is 7.42. The topological polar surface area (TPSA) is 55.9 Å². The number of morpholine rings is 1. The molecule has 1 aromatic carbocycles. The lowest BCUT2D eigenvalue weighted by atomic mass is 10.0. The van der Waals surface area contributed by atoms with E-state index in [0.29, 0.717) is 0 Å². The summed E-state index contributed by atoms with van der Waals surface area (Å²) >= 11 is 0. The van der Waals surface area contributed by atoms with Gasteiger partial charge in [-0.05, 0) is 18.9 Å². The van der Waals surface area contributed by atoms with Crippen molar-refractivity contribution < 1.29 is 9.64 Å². The van der Waals surface area contributed by atoms with Crippen LogP contribution in [0.3, 0.4) is 0 Å². The molecule has 148 valence electrons. The zero-order valence-corrected chi connectivity index (χ0v) is 16.9. The van der Waals surface area contributed by atoms with Gasteiger partial charge in [-0.15, -0.1) is 0 Å². The van der Waals surface area contributed by atoms with E-state index in [1.165, 1.54) is 12.1 Å². The first-order valence-corrected chi connectivity index (χ1v) is 10.4. The maximum atomic E-state index is 5.44. The van der Waals surface area contributed by atoms with E-state index in [0.717, 1.165) is 74.1 Å². The third kappa shape index (κ3) is 4.03. The Kier molecular flexibility index (Phi) is 5.88. The standard InChI is InChI=1S/C22H29N5O/c1-3-19-21(18-8-5-4-6-9-18)22-24-17(2)16-20(27(22)25-19)23-10-7-11-26-12-14-28-15-13-26/h4-6,8-9,16,23H,3,7,10-15H2,1-2H3/p+1. The number of aryl methyl sites for hydroxylation is 2. The molecule has 0 saturated carbocycles. The van der Waals surface area contributed by atoms with Crippen LogP contribution < -0.4 is 10.2 Å². The normalized spacial score (nSPS) is 15.2. The van der Waals surface area contributed by atoms with E-state index in [1.54, 1.807) is 4.90 Å². The van der Waals surface area contributed by atoms with Crippen molar-refractivity contribution in [3.63, 3.8) is 0 Å². The van der Waals surface area contributed by atoms with E-state index in [1.807, 2.05) is 10.6 Å². The molecule has 3 aromatic rings. The molecule has 0 radical (unpaired) electrons. The third-order valence-electron chi connectivity index (χ3n) is 5.40. The molecular weight excluding hydrogens is 350 g/mol. The van der Waals surface area contributed by atoms with Crippen molar-refractivity contribution in [1.29, 1.82) is 0 Å². The van der Waals surface area contributed by atoms with Crippen molar-refractivity contribution in [1.82, 2.24) is 14.6 Å². The first-order valence-electron chi connectivity index (χ1n) is 10.4. The average molecular weight is 381 g/mol. The zero-order chi connectivity index (χ0) is 19.3. The predicted molar refractivity (Wildman–Crippen MR) is 112 cm³/mol. The van der Waals surface area contributed by atoms with Gasteiger partial charge in [0, 0.05) is 30.3 Å². The number of anilines is 1. The first kappa shape index (κ1) is 18.9. The van der Waals surface area contributed by atoms with E-state index in [4.69, 9.17) is 14.8 Å². The summed E-state index contributed by atoms with van der Waals surface area (Å²) in [6.07, 6.45) is 2.01. The number of nitrogens with zero attached hydrogens (tertiary/aromatic N) is 3. The summed E-state index contributed by atoms with van der Waals surface area (Å²) in [4.78, 5) is 6.47. The second-order valence-corrected chi connectivity index (χ2v) is 7.45. The second kappa shape index (κ2) is 8.71. The maximum absolute atomic E-state index is 5.44. The van der Waals surface area contributed by atoms with Gasteiger partial charge in [-0.1, -0.05) is 37.3 Å². The largest absolute Gasteiger partial charge is 0.370 e. The minimum atomic E-state index is 0.881. The van der Waals surface area contributed by atoms with E-state index in [2.05, 4.69) is 49.5 Å². The van der Waals surface area contributed by atoms with E-state index < -0.39 is 0 Å². The second-order valence-electron chi connectivity index (χ2n) is 7.45. The molecule has 0 atom stereocenters. The van der Waals surface area contributed by atoms with Gasteiger partial charge in [-0.3, -0.25) is 0 Å². The molecule has 0 unspecified atom stereocenters. The van der Waals surface area contributed by atoms with Crippen molar-refractivity contribution in [2.75, 3.05) is 44.7 Å². The highest BCUT2D eigenvalue weighted by molar-refractivity contribution is 5.81. The van der Waals surface area contributed by atoms with Gasteiger partial charge < -0.3 is 15.0 Å². The van der Waals surface area contributed by atoms with Crippen LogP contribution in [0, 0.1) is 6.92 Å². The minimum Gasteiger partial charge on any atom is -0.370 e. The number of nitrogens with one attached hydrogen (secondary N) is 2. The molecule has 1 aliphatic rings. The zero-order valence-electron chi connectivity index (χ0n) is 16.9. The van der Waals surface area contributed by atoms with E-state index in [-0.39, 0.29) is 0 Å². The van der Waals surface area contributed by atoms with E-state index in [9.17, 15) is 0 Å². The van der Waals surface area contributed by atoms with Crippen LogP contribution in [0.5, 0.6) is 0 Å². The van der Waals surface area contributed by atoms with Crippen molar-refractivity contribution >= 4 is 11.5 Å². The molecule has 0 bridgehead atoms. The van der Waals surface area contributed by atoms with Crippen LogP contribution in [-0.4, -0.2) is 54.0 Å². The molecule has 1 aliphatic heterocycles. The Bertz CT molecular complexity index is 916. The van der Waals surface area contributed by atoms with Crippen molar-refractivity contribution in [2.45, 2.75) is 26.7 Å². The Balaban J connectivity index is 1.56. The molecule has 6 heteroatoms. The SMILES string of the molecule is CCc1nn2c(NCCC[NH+]3CCOCC3)cc(C)nc2c1-c1ccccc1. The number of benzene rings is 1. The predicted octanol–water partition coefficient (Wildman–Crippen LogP) is 1.98. The highest BCUT2D eigenvalue weighted by Gasteiger charge is 2.17. The van der Waals surface area contributed by atoms with Crippen LogP contribution in [0.4, 0.5) is 5.82 Å². The first-order chi connectivity index (χ1) is 13.8. The molecular formula is C22H30N5O+. The van der Waals surface area contributed by atoms with E-state index >= 15 is 0 Å². The van der Waals surface area contributed by atoms with Crippen LogP contribution in [0.15, 0.2) is 36.4 Å². The molecule has 4 rings (SSSR count). The summed E-state index contributed by atoms with van der Waals surface area (Å²) in [5.41, 5.74) is 5.35. The summed E-state index contributed by atoms with van der Waals surface area (Å²) in [5.74, 6) is 1.02. The highest BCUT2D eigenvalue weighted by atomic mass is 16.5. The molecule has 0 spiro atoms. The maximum Gasteiger partial charge on any atom is 0.165 e. The fourth-order valence-corrected chi connectivity index (χ4v) is 3.92. The summed E-state index contributed by atoms with van der Waals surface area (Å²) in [6, 6.07) is 12.6. The number of hydrogen-bond donors (Lipinski definition) is 2. The Morgan fingerprint density at radius 1 is 1.18 bits per heavy atom. The summed E-state index contributed by atoms with van der Waals surface area (Å²) in [7, 11) is 0. The van der Waals surface area contributed by atoms with Gasteiger partial charge in [0.1, 0.15) is 18.9 Å².